The molecular weight excluding hydrogens is 808 g/mol. The summed E-state index contributed by atoms with van der Waals surface area (Å²) < 4.78 is 38.8. The van der Waals surface area contributed by atoms with Crippen molar-refractivity contribution in [2.75, 3.05) is 33.4 Å². The number of benzene rings is 1. The summed E-state index contributed by atoms with van der Waals surface area (Å²) >= 11 is 7.64. The molecule has 18 heteroatoms. The maximum Gasteiger partial charge on any atom is 0.407 e. The number of halogens is 1. The average molecular weight is 859 g/mol. The van der Waals surface area contributed by atoms with E-state index in [1.807, 2.05) is 32.9 Å². The third-order valence-corrected chi connectivity index (χ3v) is 14.6. The number of methoxy groups -OCH3 is 1. The van der Waals surface area contributed by atoms with E-state index in [-0.39, 0.29) is 55.6 Å². The molecule has 1 aromatic heterocycles. The molecule has 0 radical (unpaired) electrons. The number of amides is 5. The van der Waals surface area contributed by atoms with Crippen molar-refractivity contribution >= 4 is 62.7 Å². The molecule has 4 heterocycles. The molecule has 3 N–H and O–H groups in total. The zero-order valence-electron chi connectivity index (χ0n) is 33.1. The molecule has 1 aromatic carbocycles. The standard InChI is InChI=1S/C40H51ClN6O9S2/c1-39(2,3)22-56-38(52)43-29-11-9-7-5-6-8-10-25-17-40(25,37(51)45-58(53,54)26-13-14-26)44-33(48)32-27-20-46(18-24(27)19-47(32)36(29)50)35(49)30-21-57-34(42-30)23-12-15-31(55-4)28(41)16-23/h8,10,12,15-16,21,24-27,29,32H,5-7,9,11,13-14,17-20,22H2,1-4H3,(H,43,52)(H,44,48)(H,45,51)/b10-8-/t24-,25+,27-,29-,32-,40-/m0/s1. The van der Waals surface area contributed by atoms with Crippen LogP contribution in [0.1, 0.15) is 82.6 Å². The van der Waals surface area contributed by atoms with Gasteiger partial charge in [0.25, 0.3) is 11.8 Å². The Bertz CT molecular complexity index is 2100. The first-order valence-electron chi connectivity index (χ1n) is 19.9. The molecule has 58 heavy (non-hydrogen) atoms. The van der Waals surface area contributed by atoms with Gasteiger partial charge in [0.05, 0.1) is 24.0 Å². The molecule has 7 rings (SSSR count). The van der Waals surface area contributed by atoms with Gasteiger partial charge < -0.3 is 29.9 Å². The second-order valence-electron chi connectivity index (χ2n) is 17.3. The Morgan fingerprint density at radius 2 is 1.86 bits per heavy atom. The lowest BCUT2D eigenvalue weighted by molar-refractivity contribution is -0.142. The van der Waals surface area contributed by atoms with E-state index in [9.17, 15) is 32.4 Å². The first kappa shape index (κ1) is 41.9. The molecule has 15 nitrogen and oxygen atoms in total. The first-order valence-corrected chi connectivity index (χ1v) is 22.7. The molecule has 2 aliphatic carbocycles. The number of sulfonamides is 1. The number of thiazole rings is 1. The number of ether oxygens (including phenoxy) is 2. The molecule has 0 spiro atoms. The first-order chi connectivity index (χ1) is 27.5. The Morgan fingerprint density at radius 3 is 2.57 bits per heavy atom. The van der Waals surface area contributed by atoms with Crippen LogP contribution in [0.5, 0.6) is 5.75 Å². The zero-order chi connectivity index (χ0) is 41.6. The number of hydrogen-bond donors (Lipinski definition) is 3. The second-order valence-corrected chi connectivity index (χ2v) is 20.5. The van der Waals surface area contributed by atoms with Crippen molar-refractivity contribution in [3.63, 3.8) is 0 Å². The number of carbonyl (C=O) groups is 5. The van der Waals surface area contributed by atoms with Crippen LogP contribution in [-0.4, -0.2) is 109 Å². The van der Waals surface area contributed by atoms with E-state index < -0.39 is 68.5 Å². The topological polar surface area (TPSA) is 193 Å². The minimum atomic E-state index is -3.92. The lowest BCUT2D eigenvalue weighted by Gasteiger charge is -2.33. The predicted molar refractivity (Wildman–Crippen MR) is 217 cm³/mol. The highest BCUT2D eigenvalue weighted by Crippen LogP contribution is 2.47. The van der Waals surface area contributed by atoms with Crippen molar-refractivity contribution in [2.45, 2.75) is 95.0 Å². The number of nitrogens with zero attached hydrogens (tertiary/aromatic N) is 3. The van der Waals surface area contributed by atoms with E-state index in [0.29, 0.717) is 47.9 Å². The minimum Gasteiger partial charge on any atom is -0.495 e. The fraction of sp³-hybridized carbons (Fsp3) is 0.600. The zero-order valence-corrected chi connectivity index (χ0v) is 35.5. The van der Waals surface area contributed by atoms with Gasteiger partial charge >= 0.3 is 6.09 Å². The minimum absolute atomic E-state index is 0.117. The molecule has 2 aromatic rings. The van der Waals surface area contributed by atoms with Crippen LogP contribution in [0.4, 0.5) is 4.79 Å². The van der Waals surface area contributed by atoms with Crippen LogP contribution in [0.3, 0.4) is 0 Å². The molecule has 314 valence electrons. The number of allylic oxidation sites excluding steroid dienone is 1. The third-order valence-electron chi connectivity index (χ3n) is 11.5. The van der Waals surface area contributed by atoms with Crippen molar-refractivity contribution in [3.8, 4) is 16.3 Å². The van der Waals surface area contributed by atoms with Crippen LogP contribution in [0.25, 0.3) is 10.6 Å². The van der Waals surface area contributed by atoms with Crippen LogP contribution in [0, 0.1) is 23.2 Å². The monoisotopic (exact) mass is 858 g/mol. The number of carbonyl (C=O) groups excluding carboxylic acids is 5. The van der Waals surface area contributed by atoms with Gasteiger partial charge in [0.15, 0.2) is 0 Å². The summed E-state index contributed by atoms with van der Waals surface area (Å²) in [5.41, 5.74) is -0.896. The normalized spacial score (nSPS) is 28.2. The lowest BCUT2D eigenvalue weighted by atomic mass is 9.93. The van der Waals surface area contributed by atoms with E-state index in [0.717, 1.165) is 18.4 Å². The molecule has 5 aliphatic rings. The Kier molecular flexibility index (Phi) is 11.9. The summed E-state index contributed by atoms with van der Waals surface area (Å²) in [7, 11) is -2.40. The van der Waals surface area contributed by atoms with Gasteiger partial charge in [-0.05, 0) is 62.1 Å². The number of nitrogens with one attached hydrogen (secondary N) is 3. The van der Waals surface area contributed by atoms with Gasteiger partial charge in [0.2, 0.25) is 21.8 Å². The van der Waals surface area contributed by atoms with Gasteiger partial charge in [-0.3, -0.25) is 23.9 Å². The molecule has 5 amide bonds. The van der Waals surface area contributed by atoms with Crippen molar-refractivity contribution in [1.29, 1.82) is 0 Å². The van der Waals surface area contributed by atoms with Crippen LogP contribution in [0.15, 0.2) is 35.7 Å². The highest BCUT2D eigenvalue weighted by molar-refractivity contribution is 7.91. The third kappa shape index (κ3) is 9.00. The molecule has 0 bridgehead atoms. The highest BCUT2D eigenvalue weighted by atomic mass is 35.5. The van der Waals surface area contributed by atoms with Crippen LogP contribution >= 0.6 is 22.9 Å². The van der Waals surface area contributed by atoms with Crippen molar-refractivity contribution in [2.24, 2.45) is 23.2 Å². The molecule has 6 atom stereocenters. The van der Waals surface area contributed by atoms with E-state index in [4.69, 9.17) is 21.1 Å². The number of fused-ring (bicyclic) bond motifs is 4. The number of alkyl carbamates (subject to hydrolysis) is 1. The van der Waals surface area contributed by atoms with Gasteiger partial charge in [0.1, 0.15) is 34.1 Å². The summed E-state index contributed by atoms with van der Waals surface area (Å²) in [4.78, 5) is 77.9. The lowest BCUT2D eigenvalue weighted by Crippen LogP contribution is -2.60. The summed E-state index contributed by atoms with van der Waals surface area (Å²) in [6.45, 7) is 6.38. The summed E-state index contributed by atoms with van der Waals surface area (Å²) in [6.07, 6.45) is 7.33. The smallest absolute Gasteiger partial charge is 0.407 e. The van der Waals surface area contributed by atoms with Gasteiger partial charge in [-0.1, -0.05) is 57.4 Å². The summed E-state index contributed by atoms with van der Waals surface area (Å²) in [5.74, 6) is -3.01. The van der Waals surface area contributed by atoms with Gasteiger partial charge in [-0.25, -0.2) is 18.2 Å². The van der Waals surface area contributed by atoms with Crippen molar-refractivity contribution in [1.82, 2.24) is 30.1 Å². The van der Waals surface area contributed by atoms with E-state index in [1.165, 1.54) is 23.3 Å². The molecule has 2 saturated carbocycles. The van der Waals surface area contributed by atoms with E-state index in [2.05, 4.69) is 20.3 Å². The fourth-order valence-corrected chi connectivity index (χ4v) is 10.6. The molecular formula is C40H51ClN6O9S2. The van der Waals surface area contributed by atoms with Gasteiger partial charge in [0, 0.05) is 48.3 Å². The molecule has 2 saturated heterocycles. The molecule has 3 aliphatic heterocycles. The van der Waals surface area contributed by atoms with E-state index >= 15 is 0 Å². The quantitative estimate of drug-likeness (QED) is 0.318. The Morgan fingerprint density at radius 1 is 1.09 bits per heavy atom. The van der Waals surface area contributed by atoms with Gasteiger partial charge in [-0.2, -0.15) is 0 Å². The largest absolute Gasteiger partial charge is 0.495 e. The van der Waals surface area contributed by atoms with Crippen LogP contribution in [-0.2, 0) is 29.1 Å². The van der Waals surface area contributed by atoms with Gasteiger partial charge in [-0.15, -0.1) is 11.3 Å². The second kappa shape index (κ2) is 16.4. The highest BCUT2D eigenvalue weighted by Gasteiger charge is 2.63. The fourth-order valence-electron chi connectivity index (χ4n) is 8.17. The number of hydrogen-bond acceptors (Lipinski definition) is 11. The Balaban J connectivity index is 1.16. The van der Waals surface area contributed by atoms with Crippen LogP contribution in [0.2, 0.25) is 5.02 Å². The maximum atomic E-state index is 14.7. The van der Waals surface area contributed by atoms with Crippen LogP contribution < -0.4 is 20.1 Å². The Hall–Kier alpha value is -4.22. The predicted octanol–water partition coefficient (Wildman–Crippen LogP) is 4.52. The number of rotatable bonds is 8. The average Bonchev–Trinajstić information content (AvgIpc) is 3.99. The summed E-state index contributed by atoms with van der Waals surface area (Å²) in [5, 5.41) is 7.71. The maximum absolute atomic E-state index is 14.7. The van der Waals surface area contributed by atoms with Crippen molar-refractivity contribution < 1.29 is 41.9 Å². The molecule has 0 unspecified atom stereocenters. The van der Waals surface area contributed by atoms with E-state index in [1.54, 1.807) is 28.5 Å². The number of likely N-dealkylation sites (tertiary alicyclic amines) is 1. The summed E-state index contributed by atoms with van der Waals surface area (Å²) in [6, 6.07) is 3.13. The van der Waals surface area contributed by atoms with Crippen molar-refractivity contribution in [3.05, 3.63) is 46.4 Å². The SMILES string of the molecule is COc1ccc(-c2nc(C(=O)N3C[C@H]4CN5C(=O)[C@@H](NC(=O)OCC(C)(C)C)CCCCC/C=C\[C@@H]6C[C@]6(C(=O)NS(=O)(=O)C6CC6)NC(=O)[C@@H]5[C@H]4C3)cs2)cc1Cl. The molecule has 4 fully saturated rings. The Labute approximate surface area is 347 Å². The number of aromatic nitrogens is 1.